The van der Waals surface area contributed by atoms with Gasteiger partial charge in [0.15, 0.2) is 5.03 Å². The second-order valence-electron chi connectivity index (χ2n) is 8.94. The summed E-state index contributed by atoms with van der Waals surface area (Å²) in [6.07, 6.45) is 2.48. The van der Waals surface area contributed by atoms with E-state index in [-0.39, 0.29) is 48.2 Å². The number of aromatic nitrogens is 2. The second kappa shape index (κ2) is 10.8. The number of nitrogens with one attached hydrogen (secondary N) is 1. The number of nitrogens with zero attached hydrogens (tertiary/aromatic N) is 4. The van der Waals surface area contributed by atoms with Crippen LogP contribution >= 0.6 is 0 Å². The van der Waals surface area contributed by atoms with Gasteiger partial charge in [-0.05, 0) is 25.0 Å². The maximum Gasteiger partial charge on any atom is 0.262 e. The first kappa shape index (κ1) is 26.6. The molecule has 12 heteroatoms. The predicted octanol–water partition coefficient (Wildman–Crippen LogP) is 1.57. The molecule has 1 aliphatic rings. The molecular weight excluding hydrogens is 474 g/mol. The highest BCUT2D eigenvalue weighted by atomic mass is 32.2. The van der Waals surface area contributed by atoms with E-state index in [1.54, 1.807) is 50.9 Å². The van der Waals surface area contributed by atoms with Crippen LogP contribution in [0.3, 0.4) is 0 Å². The Balaban J connectivity index is 2.05. The molecule has 192 valence electrons. The summed E-state index contributed by atoms with van der Waals surface area (Å²) in [5.74, 6) is -0.524. The van der Waals surface area contributed by atoms with Crippen molar-refractivity contribution in [2.45, 2.75) is 37.9 Å². The van der Waals surface area contributed by atoms with E-state index in [0.29, 0.717) is 11.3 Å². The molecule has 0 aliphatic carbocycles. The van der Waals surface area contributed by atoms with Crippen LogP contribution in [0.2, 0.25) is 0 Å². The van der Waals surface area contributed by atoms with Crippen LogP contribution in [0, 0.1) is 5.92 Å². The lowest BCUT2D eigenvalue weighted by atomic mass is 10.0. The van der Waals surface area contributed by atoms with Gasteiger partial charge >= 0.3 is 0 Å². The van der Waals surface area contributed by atoms with Crippen molar-refractivity contribution in [3.63, 3.8) is 0 Å². The number of sulfonamides is 1. The van der Waals surface area contributed by atoms with Crippen molar-refractivity contribution in [1.29, 1.82) is 0 Å². The second-order valence-corrected chi connectivity index (χ2v) is 10.8. The van der Waals surface area contributed by atoms with Crippen molar-refractivity contribution in [3.05, 3.63) is 36.3 Å². The average Bonchev–Trinajstić information content (AvgIpc) is 3.24. The SMILES string of the molecule is CO[C@H]1CN(C)C(=O)c2ccc(NC(C)=O)cc2OC[C@H](C)N(S(=O)(=O)c2cn(C)cn2)C[C@H]1C. The first-order chi connectivity index (χ1) is 16.4. The van der Waals surface area contributed by atoms with Gasteiger partial charge in [-0.2, -0.15) is 4.31 Å². The summed E-state index contributed by atoms with van der Waals surface area (Å²) < 4.78 is 41.7. The summed E-state index contributed by atoms with van der Waals surface area (Å²) >= 11 is 0. The zero-order valence-electron chi connectivity index (χ0n) is 20.9. The van der Waals surface area contributed by atoms with Crippen LogP contribution in [0.1, 0.15) is 31.1 Å². The number of rotatable bonds is 4. The van der Waals surface area contributed by atoms with Gasteiger partial charge in [0.2, 0.25) is 5.91 Å². The number of fused-ring (bicyclic) bond motifs is 1. The molecule has 0 bridgehead atoms. The number of hydrogen-bond acceptors (Lipinski definition) is 7. The first-order valence-corrected chi connectivity index (χ1v) is 12.7. The van der Waals surface area contributed by atoms with Crippen LogP contribution in [0.4, 0.5) is 5.69 Å². The minimum Gasteiger partial charge on any atom is -0.491 e. The van der Waals surface area contributed by atoms with Gasteiger partial charge in [0.05, 0.1) is 24.0 Å². The predicted molar refractivity (Wildman–Crippen MR) is 130 cm³/mol. The van der Waals surface area contributed by atoms with E-state index >= 15 is 0 Å². The number of aryl methyl sites for hydroxylation is 1. The number of carbonyl (C=O) groups excluding carboxylic acids is 2. The maximum atomic E-state index is 13.5. The summed E-state index contributed by atoms with van der Waals surface area (Å²) in [7, 11) is 0.963. The number of carbonyl (C=O) groups is 2. The van der Waals surface area contributed by atoms with Crippen LogP contribution in [0.5, 0.6) is 5.75 Å². The standard InChI is InChI=1S/C23H33N5O6S/c1-15-10-28(35(31,32)22-12-26(4)14-24-22)16(2)13-34-20-9-18(25-17(3)29)7-8-19(20)23(30)27(5)11-21(15)33-6/h7-9,12,14-16,21H,10-11,13H2,1-6H3,(H,25,29)/t15-,16+,21+/m1/s1. The van der Waals surface area contributed by atoms with Crippen LogP contribution < -0.4 is 10.1 Å². The van der Waals surface area contributed by atoms with Gasteiger partial charge in [-0.25, -0.2) is 13.4 Å². The molecule has 1 aliphatic heterocycles. The normalized spacial score (nSPS) is 22.5. The van der Waals surface area contributed by atoms with E-state index in [4.69, 9.17) is 9.47 Å². The van der Waals surface area contributed by atoms with Crippen molar-refractivity contribution in [3.8, 4) is 5.75 Å². The number of likely N-dealkylation sites (N-methyl/N-ethyl adjacent to an activating group) is 1. The zero-order valence-corrected chi connectivity index (χ0v) is 21.7. The molecule has 35 heavy (non-hydrogen) atoms. The largest absolute Gasteiger partial charge is 0.491 e. The summed E-state index contributed by atoms with van der Waals surface area (Å²) in [4.78, 5) is 30.3. The Morgan fingerprint density at radius 2 is 1.94 bits per heavy atom. The molecule has 3 atom stereocenters. The van der Waals surface area contributed by atoms with Crippen molar-refractivity contribution in [2.75, 3.05) is 39.2 Å². The molecule has 1 aromatic heterocycles. The minimum atomic E-state index is -3.94. The summed E-state index contributed by atoms with van der Waals surface area (Å²) in [5.41, 5.74) is 0.767. The van der Waals surface area contributed by atoms with Crippen LogP contribution in [0.15, 0.2) is 35.7 Å². The van der Waals surface area contributed by atoms with E-state index in [2.05, 4.69) is 10.3 Å². The Morgan fingerprint density at radius 3 is 2.54 bits per heavy atom. The van der Waals surface area contributed by atoms with Crippen molar-refractivity contribution in [2.24, 2.45) is 13.0 Å². The van der Waals surface area contributed by atoms with Gasteiger partial charge in [0.1, 0.15) is 12.4 Å². The third-order valence-electron chi connectivity index (χ3n) is 5.96. The van der Waals surface area contributed by atoms with Gasteiger partial charge in [0, 0.05) is 59.2 Å². The van der Waals surface area contributed by atoms with Crippen LogP contribution in [-0.4, -0.2) is 85.0 Å². The molecule has 0 saturated carbocycles. The Morgan fingerprint density at radius 1 is 1.23 bits per heavy atom. The molecule has 0 radical (unpaired) electrons. The molecule has 0 fully saturated rings. The first-order valence-electron chi connectivity index (χ1n) is 11.3. The van der Waals surface area contributed by atoms with Gasteiger partial charge in [-0.1, -0.05) is 6.92 Å². The molecule has 2 amide bonds. The maximum absolute atomic E-state index is 13.5. The number of anilines is 1. The highest BCUT2D eigenvalue weighted by Crippen LogP contribution is 2.28. The van der Waals surface area contributed by atoms with E-state index in [1.165, 1.54) is 28.7 Å². The fourth-order valence-corrected chi connectivity index (χ4v) is 5.68. The molecule has 3 rings (SSSR count). The Kier molecular flexibility index (Phi) is 8.18. The Labute approximate surface area is 206 Å². The van der Waals surface area contributed by atoms with Gasteiger partial charge in [-0.3, -0.25) is 9.59 Å². The molecule has 1 aromatic carbocycles. The smallest absolute Gasteiger partial charge is 0.262 e. The molecule has 0 spiro atoms. The number of hydrogen-bond donors (Lipinski definition) is 1. The molecule has 1 N–H and O–H groups in total. The molecular formula is C23H33N5O6S. The summed E-state index contributed by atoms with van der Waals surface area (Å²) in [6, 6.07) is 4.18. The quantitative estimate of drug-likeness (QED) is 0.666. The van der Waals surface area contributed by atoms with Crippen molar-refractivity contribution >= 4 is 27.5 Å². The minimum absolute atomic E-state index is 0.0239. The zero-order chi connectivity index (χ0) is 25.9. The summed E-state index contributed by atoms with van der Waals surface area (Å²) in [6.45, 7) is 5.38. The van der Waals surface area contributed by atoms with Crippen LogP contribution in [-0.2, 0) is 26.6 Å². The molecule has 0 saturated heterocycles. The number of imidazole rings is 1. The molecule has 2 aromatic rings. The third kappa shape index (κ3) is 6.00. The molecule has 2 heterocycles. The highest BCUT2D eigenvalue weighted by molar-refractivity contribution is 7.89. The monoisotopic (exact) mass is 507 g/mol. The van der Waals surface area contributed by atoms with E-state index < -0.39 is 22.2 Å². The summed E-state index contributed by atoms with van der Waals surface area (Å²) in [5, 5.41) is 2.62. The van der Waals surface area contributed by atoms with Crippen molar-refractivity contribution in [1.82, 2.24) is 18.8 Å². The Hall–Kier alpha value is -2.96. The van der Waals surface area contributed by atoms with E-state index in [0.717, 1.165) is 0 Å². The van der Waals surface area contributed by atoms with E-state index in [9.17, 15) is 18.0 Å². The van der Waals surface area contributed by atoms with Gasteiger partial charge < -0.3 is 24.3 Å². The third-order valence-corrected chi connectivity index (χ3v) is 7.83. The van der Waals surface area contributed by atoms with Gasteiger partial charge in [-0.15, -0.1) is 0 Å². The van der Waals surface area contributed by atoms with Crippen LogP contribution in [0.25, 0.3) is 0 Å². The molecule has 11 nitrogen and oxygen atoms in total. The topological polar surface area (TPSA) is 123 Å². The fraction of sp³-hybridized carbons (Fsp3) is 0.522. The number of amides is 2. The lowest BCUT2D eigenvalue weighted by molar-refractivity contribution is -0.114. The van der Waals surface area contributed by atoms with E-state index in [1.807, 2.05) is 6.92 Å². The highest BCUT2D eigenvalue weighted by Gasteiger charge is 2.35. The average molecular weight is 508 g/mol. The Bertz CT molecular complexity index is 1180. The molecule has 0 unspecified atom stereocenters. The van der Waals surface area contributed by atoms with Gasteiger partial charge in [0.25, 0.3) is 15.9 Å². The number of benzene rings is 1. The number of ether oxygens (including phenoxy) is 2. The lowest BCUT2D eigenvalue weighted by Crippen LogP contribution is -2.48. The lowest BCUT2D eigenvalue weighted by Gasteiger charge is -2.35. The fourth-order valence-electron chi connectivity index (χ4n) is 4.00. The number of methoxy groups -OCH3 is 1. The van der Waals surface area contributed by atoms with Crippen molar-refractivity contribution < 1.29 is 27.5 Å².